The number of carbonyl (C=O) groups is 2. The van der Waals surface area contributed by atoms with E-state index in [4.69, 9.17) is 20.8 Å². The number of carbonyl (C=O) groups excluding carboxylic acids is 2. The molecule has 0 fully saturated rings. The number of hydrogen-bond acceptors (Lipinski definition) is 5. The molecule has 29 heavy (non-hydrogen) atoms. The Kier molecular flexibility index (Phi) is 5.48. The number of anilines is 2. The van der Waals surface area contributed by atoms with Crippen LogP contribution in [0.5, 0.6) is 5.75 Å². The van der Waals surface area contributed by atoms with Crippen LogP contribution < -0.4 is 15.4 Å². The Balaban J connectivity index is 1.31. The Hall–Kier alpha value is -3.32. The first-order chi connectivity index (χ1) is 14.1. The van der Waals surface area contributed by atoms with Crippen molar-refractivity contribution < 1.29 is 18.7 Å². The van der Waals surface area contributed by atoms with Crippen molar-refractivity contribution in [3.05, 3.63) is 59.6 Å². The first-order valence-electron chi connectivity index (χ1n) is 9.14. The molecule has 4 rings (SSSR count). The van der Waals surface area contributed by atoms with Gasteiger partial charge in [0.15, 0.2) is 18.3 Å². The molecule has 3 aromatic rings. The standard InChI is InChI=1S/C21H18ClN3O4/c22-14-9-16-17(28-12-20(27)25-16)10-15(14)24-19(26)7-4-8-21-23-11-18(29-21)13-5-2-1-3-6-13/h1-3,5-6,9-11H,4,7-8,12H2,(H,24,26)(H,25,27). The Labute approximate surface area is 172 Å². The molecule has 0 bridgehead atoms. The van der Waals surface area contributed by atoms with Crippen LogP contribution in [0.2, 0.25) is 5.02 Å². The number of nitrogens with one attached hydrogen (secondary N) is 2. The van der Waals surface area contributed by atoms with E-state index in [0.717, 1.165) is 5.56 Å². The zero-order valence-electron chi connectivity index (χ0n) is 15.4. The molecular formula is C21H18ClN3O4. The minimum Gasteiger partial charge on any atom is -0.482 e. The summed E-state index contributed by atoms with van der Waals surface area (Å²) in [7, 11) is 0. The maximum Gasteiger partial charge on any atom is 0.262 e. The van der Waals surface area contributed by atoms with Crippen molar-refractivity contribution in [2.75, 3.05) is 17.2 Å². The number of halogens is 1. The summed E-state index contributed by atoms with van der Waals surface area (Å²) in [5, 5.41) is 5.77. The molecule has 0 saturated carbocycles. The maximum absolute atomic E-state index is 12.3. The number of rotatable bonds is 6. The van der Waals surface area contributed by atoms with Gasteiger partial charge >= 0.3 is 0 Å². The number of ether oxygens (including phenoxy) is 1. The van der Waals surface area contributed by atoms with Crippen LogP contribution >= 0.6 is 11.6 Å². The summed E-state index contributed by atoms with van der Waals surface area (Å²) < 4.78 is 11.1. The number of hydrogen-bond donors (Lipinski definition) is 2. The first-order valence-corrected chi connectivity index (χ1v) is 9.52. The van der Waals surface area contributed by atoms with Crippen LogP contribution in [0.1, 0.15) is 18.7 Å². The molecular weight excluding hydrogens is 394 g/mol. The summed E-state index contributed by atoms with van der Waals surface area (Å²) >= 11 is 6.20. The molecule has 7 nitrogen and oxygen atoms in total. The van der Waals surface area contributed by atoms with Gasteiger partial charge in [-0.1, -0.05) is 41.9 Å². The fraction of sp³-hybridized carbons (Fsp3) is 0.190. The third-order valence-electron chi connectivity index (χ3n) is 4.38. The molecule has 148 valence electrons. The maximum atomic E-state index is 12.3. The van der Waals surface area contributed by atoms with Crippen molar-refractivity contribution in [2.45, 2.75) is 19.3 Å². The third kappa shape index (κ3) is 4.57. The van der Waals surface area contributed by atoms with E-state index in [0.29, 0.717) is 46.6 Å². The van der Waals surface area contributed by atoms with Crippen LogP contribution in [0, 0.1) is 0 Å². The lowest BCUT2D eigenvalue weighted by atomic mass is 10.2. The summed E-state index contributed by atoms with van der Waals surface area (Å²) in [4.78, 5) is 27.9. The molecule has 0 aliphatic carbocycles. The number of benzene rings is 2. The van der Waals surface area contributed by atoms with Crippen molar-refractivity contribution >= 4 is 34.8 Å². The molecule has 0 atom stereocenters. The van der Waals surface area contributed by atoms with Crippen molar-refractivity contribution in [3.8, 4) is 17.1 Å². The van der Waals surface area contributed by atoms with Gasteiger partial charge in [0.1, 0.15) is 5.75 Å². The lowest BCUT2D eigenvalue weighted by molar-refractivity contribution is -0.118. The number of nitrogens with zero attached hydrogens (tertiary/aromatic N) is 1. The predicted molar refractivity (Wildman–Crippen MR) is 109 cm³/mol. The molecule has 2 N–H and O–H groups in total. The molecule has 2 amide bonds. The minimum absolute atomic E-state index is 0.0663. The Bertz CT molecular complexity index is 1050. The molecule has 2 aromatic carbocycles. The smallest absolute Gasteiger partial charge is 0.262 e. The molecule has 8 heteroatoms. The second-order valence-electron chi connectivity index (χ2n) is 6.55. The first kappa shape index (κ1) is 19.0. The van der Waals surface area contributed by atoms with Gasteiger partial charge in [-0.2, -0.15) is 0 Å². The van der Waals surface area contributed by atoms with E-state index in [9.17, 15) is 9.59 Å². The van der Waals surface area contributed by atoms with E-state index in [1.54, 1.807) is 18.3 Å². The zero-order chi connectivity index (χ0) is 20.2. The van der Waals surface area contributed by atoms with E-state index in [1.165, 1.54) is 0 Å². The van der Waals surface area contributed by atoms with Gasteiger partial charge in [-0.25, -0.2) is 4.98 Å². The van der Waals surface area contributed by atoms with Crippen LogP contribution in [0.25, 0.3) is 11.3 Å². The zero-order valence-corrected chi connectivity index (χ0v) is 16.2. The topological polar surface area (TPSA) is 93.5 Å². The third-order valence-corrected chi connectivity index (χ3v) is 4.70. The Morgan fingerprint density at radius 1 is 1.24 bits per heavy atom. The van der Waals surface area contributed by atoms with Crippen molar-refractivity contribution in [2.24, 2.45) is 0 Å². The second-order valence-corrected chi connectivity index (χ2v) is 6.96. The molecule has 2 heterocycles. The van der Waals surface area contributed by atoms with Crippen LogP contribution in [-0.4, -0.2) is 23.4 Å². The SMILES string of the molecule is O=C(CCCc1ncc(-c2ccccc2)o1)Nc1cc2c(cc1Cl)NC(=O)CO2. The monoisotopic (exact) mass is 411 g/mol. The summed E-state index contributed by atoms with van der Waals surface area (Å²) in [5.41, 5.74) is 1.89. The molecule has 1 aliphatic rings. The van der Waals surface area contributed by atoms with E-state index >= 15 is 0 Å². The molecule has 0 radical (unpaired) electrons. The van der Waals surface area contributed by atoms with E-state index in [-0.39, 0.29) is 24.8 Å². The highest BCUT2D eigenvalue weighted by atomic mass is 35.5. The second kappa shape index (κ2) is 8.36. The number of oxazole rings is 1. The minimum atomic E-state index is -0.243. The lowest BCUT2D eigenvalue weighted by Crippen LogP contribution is -2.25. The largest absolute Gasteiger partial charge is 0.482 e. The van der Waals surface area contributed by atoms with Gasteiger partial charge in [0.25, 0.3) is 5.91 Å². The van der Waals surface area contributed by atoms with Crippen LogP contribution in [-0.2, 0) is 16.0 Å². The highest BCUT2D eigenvalue weighted by Crippen LogP contribution is 2.36. The predicted octanol–water partition coefficient (Wildman–Crippen LogP) is 4.29. The highest BCUT2D eigenvalue weighted by Gasteiger charge is 2.19. The lowest BCUT2D eigenvalue weighted by Gasteiger charge is -2.19. The average molecular weight is 412 g/mol. The van der Waals surface area contributed by atoms with Crippen molar-refractivity contribution in [1.29, 1.82) is 0 Å². The number of aromatic nitrogens is 1. The number of aryl methyl sites for hydroxylation is 1. The summed E-state index contributed by atoms with van der Waals surface area (Å²) in [6, 6.07) is 12.9. The van der Waals surface area contributed by atoms with Gasteiger partial charge in [-0.15, -0.1) is 0 Å². The normalized spacial score (nSPS) is 12.7. The fourth-order valence-electron chi connectivity index (χ4n) is 2.97. The summed E-state index contributed by atoms with van der Waals surface area (Å²) in [6.45, 7) is -0.0663. The van der Waals surface area contributed by atoms with Gasteiger partial charge < -0.3 is 19.8 Å². The van der Waals surface area contributed by atoms with Gasteiger partial charge in [0.2, 0.25) is 5.91 Å². The van der Waals surface area contributed by atoms with Gasteiger partial charge in [0, 0.05) is 24.5 Å². The Morgan fingerprint density at radius 3 is 2.90 bits per heavy atom. The van der Waals surface area contributed by atoms with E-state index < -0.39 is 0 Å². The molecule has 1 aromatic heterocycles. The number of amides is 2. The highest BCUT2D eigenvalue weighted by molar-refractivity contribution is 6.34. The van der Waals surface area contributed by atoms with Crippen molar-refractivity contribution in [3.63, 3.8) is 0 Å². The van der Waals surface area contributed by atoms with Crippen molar-refractivity contribution in [1.82, 2.24) is 4.98 Å². The van der Waals surface area contributed by atoms with Crippen LogP contribution in [0.4, 0.5) is 11.4 Å². The summed E-state index contributed by atoms with van der Waals surface area (Å²) in [5.74, 6) is 1.34. The van der Waals surface area contributed by atoms with E-state index in [1.807, 2.05) is 30.3 Å². The molecule has 0 spiro atoms. The molecule has 1 aliphatic heterocycles. The Morgan fingerprint density at radius 2 is 2.07 bits per heavy atom. The van der Waals surface area contributed by atoms with Crippen LogP contribution in [0.3, 0.4) is 0 Å². The molecule has 0 unspecified atom stereocenters. The van der Waals surface area contributed by atoms with Gasteiger partial charge in [-0.3, -0.25) is 9.59 Å². The summed E-state index contributed by atoms with van der Waals surface area (Å²) in [6.07, 6.45) is 3.10. The molecule has 0 saturated heterocycles. The van der Waals surface area contributed by atoms with Gasteiger partial charge in [0.05, 0.1) is 22.6 Å². The van der Waals surface area contributed by atoms with Gasteiger partial charge in [-0.05, 0) is 12.5 Å². The fourth-order valence-corrected chi connectivity index (χ4v) is 3.18. The van der Waals surface area contributed by atoms with E-state index in [2.05, 4.69) is 15.6 Å². The van der Waals surface area contributed by atoms with Crippen LogP contribution in [0.15, 0.2) is 53.1 Å². The average Bonchev–Trinajstić information content (AvgIpc) is 3.18. The number of fused-ring (bicyclic) bond motifs is 1. The quantitative estimate of drug-likeness (QED) is 0.631.